The summed E-state index contributed by atoms with van der Waals surface area (Å²) in [6.45, 7) is 0.138. The van der Waals surface area contributed by atoms with E-state index in [1.54, 1.807) is 0 Å². The maximum absolute atomic E-state index is 10.7. The third-order valence-corrected chi connectivity index (χ3v) is 4.50. The highest BCUT2D eigenvalue weighted by Crippen LogP contribution is 2.34. The molecule has 2 N–H and O–H groups in total. The highest BCUT2D eigenvalue weighted by Gasteiger charge is 2.29. The lowest BCUT2D eigenvalue weighted by Crippen LogP contribution is -2.07. The summed E-state index contributed by atoms with van der Waals surface area (Å²) in [6.07, 6.45) is 6.65. The fourth-order valence-electron chi connectivity index (χ4n) is 3.07. The first-order valence-electron chi connectivity index (χ1n) is 8.89. The fraction of sp³-hybridized carbons (Fsp3) is 0.250. The van der Waals surface area contributed by atoms with Crippen molar-refractivity contribution in [3.05, 3.63) is 54.4 Å². The second kappa shape index (κ2) is 7.59. The summed E-state index contributed by atoms with van der Waals surface area (Å²) in [5, 5.41) is 15.8. The Balaban J connectivity index is 1.68. The molecule has 3 aromatic rings. The highest BCUT2D eigenvalue weighted by atomic mass is 16.6. The van der Waals surface area contributed by atoms with Gasteiger partial charge in [0.1, 0.15) is 12.3 Å². The standard InChI is InChI=1S/C20H20N4O3/c25-8-9-27-23-20(14-4-5-14)16-6-7-24-18(12-21-19(24)11-16)15-2-1-3-17(10-15)22-13-26/h1-3,6-7,10-14,25H,4-5,8-9H2,(H,22,26)/b23-20-. The van der Waals surface area contributed by atoms with E-state index in [0.717, 1.165) is 46.7 Å². The van der Waals surface area contributed by atoms with Gasteiger partial charge in [-0.05, 0) is 37.1 Å². The van der Waals surface area contributed by atoms with Gasteiger partial charge in [-0.15, -0.1) is 0 Å². The number of aromatic nitrogens is 2. The maximum atomic E-state index is 10.7. The van der Waals surface area contributed by atoms with Gasteiger partial charge < -0.3 is 15.3 Å². The Morgan fingerprint density at radius 3 is 3.04 bits per heavy atom. The quantitative estimate of drug-likeness (QED) is 0.278. The van der Waals surface area contributed by atoms with Crippen molar-refractivity contribution < 1.29 is 14.7 Å². The third-order valence-electron chi connectivity index (χ3n) is 4.50. The molecule has 1 aliphatic carbocycles. The Kier molecular flexibility index (Phi) is 4.84. The Morgan fingerprint density at radius 1 is 1.37 bits per heavy atom. The number of benzene rings is 1. The second-order valence-electron chi connectivity index (χ2n) is 6.44. The molecule has 0 saturated heterocycles. The number of aliphatic hydroxyl groups is 1. The Labute approximate surface area is 156 Å². The predicted octanol–water partition coefficient (Wildman–Crippen LogP) is 2.69. The number of nitrogens with one attached hydrogen (secondary N) is 1. The average molecular weight is 364 g/mol. The van der Waals surface area contributed by atoms with E-state index in [4.69, 9.17) is 9.94 Å². The van der Waals surface area contributed by atoms with Gasteiger partial charge in [0.05, 0.1) is 24.2 Å². The molecule has 0 aliphatic heterocycles. The van der Waals surface area contributed by atoms with Crippen LogP contribution in [0.15, 0.2) is 53.9 Å². The highest BCUT2D eigenvalue weighted by molar-refractivity contribution is 6.04. The number of carbonyl (C=O) groups excluding carboxylic acids is 1. The van der Waals surface area contributed by atoms with E-state index in [1.807, 2.05) is 53.2 Å². The molecule has 27 heavy (non-hydrogen) atoms. The molecule has 0 atom stereocenters. The van der Waals surface area contributed by atoms with E-state index >= 15 is 0 Å². The van der Waals surface area contributed by atoms with Crippen LogP contribution < -0.4 is 5.32 Å². The van der Waals surface area contributed by atoms with Gasteiger partial charge in [-0.3, -0.25) is 9.20 Å². The van der Waals surface area contributed by atoms with Gasteiger partial charge >= 0.3 is 0 Å². The summed E-state index contributed by atoms with van der Waals surface area (Å²) in [5.41, 5.74) is 5.34. The van der Waals surface area contributed by atoms with Crippen molar-refractivity contribution in [3.63, 3.8) is 0 Å². The van der Waals surface area contributed by atoms with Crippen molar-refractivity contribution in [2.24, 2.45) is 11.1 Å². The number of hydrogen-bond donors (Lipinski definition) is 2. The van der Waals surface area contributed by atoms with Crippen molar-refractivity contribution in [2.45, 2.75) is 12.8 Å². The van der Waals surface area contributed by atoms with E-state index in [2.05, 4.69) is 15.5 Å². The van der Waals surface area contributed by atoms with Crippen molar-refractivity contribution in [1.82, 2.24) is 9.38 Å². The fourth-order valence-corrected chi connectivity index (χ4v) is 3.07. The van der Waals surface area contributed by atoms with Crippen LogP contribution in [-0.4, -0.2) is 39.8 Å². The summed E-state index contributed by atoms with van der Waals surface area (Å²) in [5.74, 6) is 0.409. The Bertz CT molecular complexity index is 992. The van der Waals surface area contributed by atoms with Crippen molar-refractivity contribution in [3.8, 4) is 11.3 Å². The van der Waals surface area contributed by atoms with Crippen molar-refractivity contribution in [1.29, 1.82) is 0 Å². The topological polar surface area (TPSA) is 88.2 Å². The molecule has 138 valence electrons. The minimum absolute atomic E-state index is 0.0534. The number of rotatable bonds is 8. The molecule has 4 rings (SSSR count). The SMILES string of the molecule is O=CNc1cccc(-c2cnc3cc(/C(=N\OCCO)C4CC4)ccn23)c1. The molecule has 1 saturated carbocycles. The molecule has 1 aliphatic rings. The normalized spacial score (nSPS) is 14.3. The molecule has 0 bridgehead atoms. The Morgan fingerprint density at radius 2 is 2.26 bits per heavy atom. The van der Waals surface area contributed by atoms with E-state index in [0.29, 0.717) is 12.3 Å². The lowest BCUT2D eigenvalue weighted by molar-refractivity contribution is -0.105. The summed E-state index contributed by atoms with van der Waals surface area (Å²) in [6, 6.07) is 11.6. The predicted molar refractivity (Wildman–Crippen MR) is 103 cm³/mol. The van der Waals surface area contributed by atoms with Crippen LogP contribution in [0.25, 0.3) is 16.9 Å². The van der Waals surface area contributed by atoms with E-state index < -0.39 is 0 Å². The van der Waals surface area contributed by atoms with Gasteiger partial charge in [-0.25, -0.2) is 4.98 Å². The number of hydrogen-bond acceptors (Lipinski definition) is 5. The number of aliphatic hydroxyl groups excluding tert-OH is 1. The van der Waals surface area contributed by atoms with Gasteiger partial charge in [0.25, 0.3) is 0 Å². The molecule has 7 nitrogen and oxygen atoms in total. The van der Waals surface area contributed by atoms with Gasteiger partial charge in [0.2, 0.25) is 6.41 Å². The molecule has 1 aromatic carbocycles. The second-order valence-corrected chi connectivity index (χ2v) is 6.44. The molecule has 7 heteroatoms. The smallest absolute Gasteiger partial charge is 0.211 e. The van der Waals surface area contributed by atoms with Gasteiger partial charge in [0, 0.05) is 28.9 Å². The number of anilines is 1. The zero-order valence-electron chi connectivity index (χ0n) is 14.7. The van der Waals surface area contributed by atoms with Crippen LogP contribution in [0.3, 0.4) is 0 Å². The van der Waals surface area contributed by atoms with Crippen LogP contribution in [0.4, 0.5) is 5.69 Å². The zero-order chi connectivity index (χ0) is 18.6. The lowest BCUT2D eigenvalue weighted by atomic mass is 10.1. The largest absolute Gasteiger partial charge is 0.393 e. The monoisotopic (exact) mass is 364 g/mol. The van der Waals surface area contributed by atoms with Crippen LogP contribution in [-0.2, 0) is 9.63 Å². The van der Waals surface area contributed by atoms with Crippen LogP contribution >= 0.6 is 0 Å². The minimum Gasteiger partial charge on any atom is -0.393 e. The van der Waals surface area contributed by atoms with E-state index in [9.17, 15) is 4.79 Å². The number of imidazole rings is 1. The third kappa shape index (κ3) is 3.68. The van der Waals surface area contributed by atoms with Gasteiger partial charge in [0.15, 0.2) is 0 Å². The number of carbonyl (C=O) groups is 1. The molecular formula is C20H20N4O3. The molecule has 1 amide bonds. The number of amides is 1. The maximum Gasteiger partial charge on any atom is 0.211 e. The molecule has 0 radical (unpaired) electrons. The molecule has 0 spiro atoms. The number of oxime groups is 1. The minimum atomic E-state index is -0.0534. The van der Waals surface area contributed by atoms with Crippen LogP contribution in [0.5, 0.6) is 0 Å². The number of nitrogens with zero attached hydrogens (tertiary/aromatic N) is 3. The molecule has 2 aromatic heterocycles. The number of fused-ring (bicyclic) bond motifs is 1. The van der Waals surface area contributed by atoms with Crippen molar-refractivity contribution >= 4 is 23.5 Å². The molecule has 2 heterocycles. The first kappa shape index (κ1) is 17.2. The first-order chi connectivity index (χ1) is 13.3. The molecular weight excluding hydrogens is 344 g/mol. The molecule has 1 fully saturated rings. The number of pyridine rings is 1. The Hall–Kier alpha value is -3.19. The van der Waals surface area contributed by atoms with Crippen LogP contribution in [0, 0.1) is 5.92 Å². The summed E-state index contributed by atoms with van der Waals surface area (Å²) in [7, 11) is 0. The molecule has 0 unspecified atom stereocenters. The van der Waals surface area contributed by atoms with Gasteiger partial charge in [-0.2, -0.15) is 0 Å². The average Bonchev–Trinajstić information content (AvgIpc) is 3.44. The van der Waals surface area contributed by atoms with Gasteiger partial charge in [-0.1, -0.05) is 17.3 Å². The van der Waals surface area contributed by atoms with Crippen molar-refractivity contribution in [2.75, 3.05) is 18.5 Å². The summed E-state index contributed by atoms with van der Waals surface area (Å²) >= 11 is 0. The van der Waals surface area contributed by atoms with E-state index in [1.165, 1.54) is 0 Å². The summed E-state index contributed by atoms with van der Waals surface area (Å²) < 4.78 is 2.00. The van der Waals surface area contributed by atoms with E-state index in [-0.39, 0.29) is 13.2 Å². The van der Waals surface area contributed by atoms with Crippen LogP contribution in [0.1, 0.15) is 18.4 Å². The first-order valence-corrected chi connectivity index (χ1v) is 8.89. The summed E-state index contributed by atoms with van der Waals surface area (Å²) in [4.78, 5) is 20.4. The lowest BCUT2D eigenvalue weighted by Gasteiger charge is -2.08. The van der Waals surface area contributed by atoms with Crippen LogP contribution in [0.2, 0.25) is 0 Å². The zero-order valence-corrected chi connectivity index (χ0v) is 14.7.